The van der Waals surface area contributed by atoms with Crippen molar-refractivity contribution in [2.75, 3.05) is 5.32 Å². The molecule has 126 valence electrons. The van der Waals surface area contributed by atoms with E-state index in [1.54, 1.807) is 0 Å². The number of aliphatic hydroxyl groups excluding tert-OH is 1. The highest BCUT2D eigenvalue weighted by Crippen LogP contribution is 2.38. The summed E-state index contributed by atoms with van der Waals surface area (Å²) in [7, 11) is 0. The molecule has 4 nitrogen and oxygen atoms in total. The first-order chi connectivity index (χ1) is 11.2. The molecule has 1 aromatic rings. The average Bonchev–Trinajstić information content (AvgIpc) is 3.05. The molecular weight excluding hydrogens is 308 g/mol. The molecule has 0 aliphatic heterocycles. The van der Waals surface area contributed by atoms with E-state index in [0.717, 1.165) is 36.3 Å². The van der Waals surface area contributed by atoms with E-state index >= 15 is 0 Å². The zero-order valence-corrected chi connectivity index (χ0v) is 14.3. The molecule has 3 N–H and O–H groups in total. The van der Waals surface area contributed by atoms with Gasteiger partial charge in [0.05, 0.1) is 11.8 Å². The molecule has 0 spiro atoms. The van der Waals surface area contributed by atoms with Crippen molar-refractivity contribution >= 4 is 23.5 Å². The molecule has 23 heavy (non-hydrogen) atoms. The zero-order valence-electron chi connectivity index (χ0n) is 13.5. The van der Waals surface area contributed by atoms with E-state index in [0.29, 0.717) is 5.25 Å². The van der Waals surface area contributed by atoms with Crippen molar-refractivity contribution in [2.45, 2.75) is 73.7 Å². The lowest BCUT2D eigenvalue weighted by atomic mass is 9.93. The zero-order chi connectivity index (χ0) is 16.1. The highest BCUT2D eigenvalue weighted by Gasteiger charge is 2.22. The van der Waals surface area contributed by atoms with Crippen molar-refractivity contribution in [3.8, 4) is 0 Å². The normalized spacial score (nSPS) is 25.3. The lowest BCUT2D eigenvalue weighted by Crippen LogP contribution is -2.40. The predicted molar refractivity (Wildman–Crippen MR) is 95.0 cm³/mol. The molecule has 0 unspecified atom stereocenters. The number of rotatable bonds is 4. The van der Waals surface area contributed by atoms with Gasteiger partial charge in [-0.3, -0.25) is 0 Å². The first-order valence-electron chi connectivity index (χ1n) is 8.72. The second-order valence-corrected chi connectivity index (χ2v) is 7.97. The molecule has 2 aliphatic rings. The van der Waals surface area contributed by atoms with E-state index in [1.807, 2.05) is 30.0 Å². The van der Waals surface area contributed by atoms with Crippen molar-refractivity contribution in [1.82, 2.24) is 5.32 Å². The van der Waals surface area contributed by atoms with Gasteiger partial charge in [0, 0.05) is 16.2 Å². The van der Waals surface area contributed by atoms with Crippen LogP contribution in [0.15, 0.2) is 29.2 Å². The predicted octanol–water partition coefficient (Wildman–Crippen LogP) is 4.15. The van der Waals surface area contributed by atoms with E-state index in [4.69, 9.17) is 0 Å². The van der Waals surface area contributed by atoms with E-state index in [2.05, 4.69) is 16.7 Å². The minimum absolute atomic E-state index is 0.133. The molecular formula is C18H26N2O2S. The molecule has 2 fully saturated rings. The fourth-order valence-corrected chi connectivity index (χ4v) is 4.75. The average molecular weight is 334 g/mol. The number of hydrogen-bond donors (Lipinski definition) is 3. The molecule has 5 heteroatoms. The van der Waals surface area contributed by atoms with E-state index in [9.17, 15) is 9.90 Å². The Morgan fingerprint density at radius 1 is 1.04 bits per heavy atom. The molecule has 0 radical (unpaired) electrons. The molecule has 0 bridgehead atoms. The van der Waals surface area contributed by atoms with Crippen molar-refractivity contribution in [2.24, 2.45) is 0 Å². The first kappa shape index (κ1) is 16.7. The van der Waals surface area contributed by atoms with Crippen molar-refractivity contribution in [3.05, 3.63) is 24.3 Å². The maximum absolute atomic E-state index is 12.3. The molecule has 0 heterocycles. The van der Waals surface area contributed by atoms with Gasteiger partial charge in [-0.2, -0.15) is 0 Å². The Kier molecular flexibility index (Phi) is 5.84. The van der Waals surface area contributed by atoms with Gasteiger partial charge in [-0.15, -0.1) is 11.8 Å². The van der Waals surface area contributed by atoms with Gasteiger partial charge in [0.25, 0.3) is 0 Å². The molecule has 3 rings (SSSR count). The van der Waals surface area contributed by atoms with Gasteiger partial charge in [0.15, 0.2) is 0 Å². The van der Waals surface area contributed by atoms with Crippen molar-refractivity contribution < 1.29 is 9.90 Å². The number of amides is 2. The Labute approximate surface area is 142 Å². The first-order valence-corrected chi connectivity index (χ1v) is 9.60. The number of hydrogen-bond acceptors (Lipinski definition) is 3. The Morgan fingerprint density at radius 3 is 2.48 bits per heavy atom. The van der Waals surface area contributed by atoms with Gasteiger partial charge in [-0.25, -0.2) is 4.79 Å². The number of thioether (sulfide) groups is 1. The van der Waals surface area contributed by atoms with E-state index < -0.39 is 0 Å². The Morgan fingerprint density at radius 2 is 1.74 bits per heavy atom. The minimum Gasteiger partial charge on any atom is -0.393 e. The minimum atomic E-state index is -0.195. The Hall–Kier alpha value is -1.20. The summed E-state index contributed by atoms with van der Waals surface area (Å²) in [6.07, 6.45) is 8.26. The highest BCUT2D eigenvalue weighted by atomic mass is 32.2. The van der Waals surface area contributed by atoms with Gasteiger partial charge >= 0.3 is 6.03 Å². The van der Waals surface area contributed by atoms with Gasteiger partial charge in [0.1, 0.15) is 0 Å². The number of para-hydroxylation sites is 1. The van der Waals surface area contributed by atoms with Crippen LogP contribution in [-0.2, 0) is 0 Å². The van der Waals surface area contributed by atoms with Crippen molar-refractivity contribution in [3.63, 3.8) is 0 Å². The lowest BCUT2D eigenvalue weighted by Gasteiger charge is -2.26. The van der Waals surface area contributed by atoms with Gasteiger partial charge in [-0.05, 0) is 50.7 Å². The fraction of sp³-hybridized carbons (Fsp3) is 0.611. The van der Waals surface area contributed by atoms with Crippen LogP contribution in [0.1, 0.15) is 51.4 Å². The second kappa shape index (κ2) is 8.06. The monoisotopic (exact) mass is 334 g/mol. The van der Waals surface area contributed by atoms with Crippen LogP contribution in [0.4, 0.5) is 10.5 Å². The highest BCUT2D eigenvalue weighted by molar-refractivity contribution is 8.00. The number of nitrogens with one attached hydrogen (secondary N) is 2. The summed E-state index contributed by atoms with van der Waals surface area (Å²) in [4.78, 5) is 13.4. The number of carbonyl (C=O) groups excluding carboxylic acids is 1. The van der Waals surface area contributed by atoms with Crippen molar-refractivity contribution in [1.29, 1.82) is 0 Å². The summed E-state index contributed by atoms with van der Waals surface area (Å²) in [5.74, 6) is 0. The van der Waals surface area contributed by atoms with Crippen LogP contribution >= 0.6 is 11.8 Å². The maximum atomic E-state index is 12.3. The number of aliphatic hydroxyl groups is 1. The third-order valence-corrected chi connectivity index (χ3v) is 6.18. The van der Waals surface area contributed by atoms with Crippen LogP contribution in [0.3, 0.4) is 0 Å². The Balaban J connectivity index is 1.55. The van der Waals surface area contributed by atoms with Gasteiger partial charge in [-0.1, -0.05) is 25.0 Å². The second-order valence-electron chi connectivity index (χ2n) is 6.62. The van der Waals surface area contributed by atoms with Crippen LogP contribution in [0.25, 0.3) is 0 Å². The SMILES string of the molecule is O=C(Nc1ccccc1SC1CCCC1)NC1CCC(O)CC1. The summed E-state index contributed by atoms with van der Waals surface area (Å²) in [5, 5.41) is 16.3. The lowest BCUT2D eigenvalue weighted by molar-refractivity contribution is 0.118. The third kappa shape index (κ3) is 4.88. The fourth-order valence-electron chi connectivity index (χ4n) is 3.42. The number of carbonyl (C=O) groups is 1. The van der Waals surface area contributed by atoms with Crippen LogP contribution in [0.2, 0.25) is 0 Å². The maximum Gasteiger partial charge on any atom is 0.319 e. The summed E-state index contributed by atoms with van der Waals surface area (Å²) in [6.45, 7) is 0. The van der Waals surface area contributed by atoms with Crippen LogP contribution in [0.5, 0.6) is 0 Å². The smallest absolute Gasteiger partial charge is 0.319 e. The van der Waals surface area contributed by atoms with Crippen LogP contribution in [0, 0.1) is 0 Å². The third-order valence-electron chi connectivity index (χ3n) is 4.76. The summed E-state index contributed by atoms with van der Waals surface area (Å²) >= 11 is 1.89. The molecule has 2 amide bonds. The molecule has 2 saturated carbocycles. The molecule has 0 saturated heterocycles. The number of anilines is 1. The molecule has 2 aliphatic carbocycles. The van der Waals surface area contributed by atoms with Gasteiger partial charge < -0.3 is 15.7 Å². The number of urea groups is 1. The molecule has 1 aromatic carbocycles. The summed E-state index contributed by atoms with van der Waals surface area (Å²) in [6, 6.07) is 8.10. The van der Waals surface area contributed by atoms with Crippen LogP contribution < -0.4 is 10.6 Å². The quantitative estimate of drug-likeness (QED) is 0.775. The molecule has 0 aromatic heterocycles. The topological polar surface area (TPSA) is 61.4 Å². The number of benzene rings is 1. The standard InChI is InChI=1S/C18H26N2O2S/c21-14-11-9-13(10-12-14)19-18(22)20-16-7-3-4-8-17(16)23-15-5-1-2-6-15/h3-4,7-8,13-15,21H,1-2,5-6,9-12H2,(H2,19,20,22). The van der Waals surface area contributed by atoms with E-state index in [1.165, 1.54) is 25.7 Å². The van der Waals surface area contributed by atoms with Crippen LogP contribution in [-0.4, -0.2) is 28.5 Å². The summed E-state index contributed by atoms with van der Waals surface area (Å²) in [5.41, 5.74) is 0.901. The van der Waals surface area contributed by atoms with E-state index in [-0.39, 0.29) is 18.2 Å². The summed E-state index contributed by atoms with van der Waals surface area (Å²) < 4.78 is 0. The van der Waals surface area contributed by atoms with Gasteiger partial charge in [0.2, 0.25) is 0 Å². The molecule has 0 atom stereocenters. The Bertz CT molecular complexity index is 524. The largest absolute Gasteiger partial charge is 0.393 e.